The number of nitrogens with zero attached hydrogens (tertiary/aromatic N) is 3. The van der Waals surface area contributed by atoms with Gasteiger partial charge in [-0.1, -0.05) is 13.8 Å². The molecule has 2 aliphatic carbocycles. The van der Waals surface area contributed by atoms with Crippen LogP contribution in [0.4, 0.5) is 10.5 Å². The summed E-state index contributed by atoms with van der Waals surface area (Å²) in [5.41, 5.74) is 4.16. The Morgan fingerprint density at radius 1 is 1.30 bits per heavy atom. The Kier molecular flexibility index (Phi) is 6.15. The summed E-state index contributed by atoms with van der Waals surface area (Å²) >= 11 is 1.03. The summed E-state index contributed by atoms with van der Waals surface area (Å²) in [5.74, 6) is 0. The van der Waals surface area contributed by atoms with Crippen molar-refractivity contribution in [3.63, 3.8) is 0 Å². The van der Waals surface area contributed by atoms with E-state index in [-0.39, 0.29) is 15.3 Å². The van der Waals surface area contributed by atoms with Crippen LogP contribution in [0.1, 0.15) is 73.8 Å². The zero-order valence-corrected chi connectivity index (χ0v) is 21.3. The van der Waals surface area contributed by atoms with Crippen molar-refractivity contribution >= 4 is 33.0 Å². The van der Waals surface area contributed by atoms with Crippen molar-refractivity contribution in [1.29, 1.82) is 0 Å². The molecule has 180 valence electrons. The summed E-state index contributed by atoms with van der Waals surface area (Å²) in [6.07, 6.45) is 4.46. The third-order valence-corrected chi connectivity index (χ3v) is 9.89. The van der Waals surface area contributed by atoms with Crippen LogP contribution in [0.2, 0.25) is 0 Å². The summed E-state index contributed by atoms with van der Waals surface area (Å²) < 4.78 is 22.7. The molecule has 9 nitrogen and oxygen atoms in total. The Bertz CT molecular complexity index is 1240. The summed E-state index contributed by atoms with van der Waals surface area (Å²) in [6.45, 7) is 7.44. The molecular formula is C22H31N5O4S2. The number of methoxy groups -OCH3 is 1. The Hall–Kier alpha value is -1.92. The van der Waals surface area contributed by atoms with Crippen molar-refractivity contribution in [1.82, 2.24) is 9.97 Å². The molecule has 0 saturated carbocycles. The second-order valence-electron chi connectivity index (χ2n) is 9.69. The second kappa shape index (κ2) is 8.38. The maximum atomic E-state index is 13.3. The smallest absolute Gasteiger partial charge is 0.354 e. The number of urea groups is 1. The van der Waals surface area contributed by atoms with Crippen LogP contribution in [0.3, 0.4) is 0 Å². The first-order valence-corrected chi connectivity index (χ1v) is 13.4. The number of nitrogens with two attached hydrogens (primary N) is 1. The fourth-order valence-electron chi connectivity index (χ4n) is 4.44. The molecule has 2 aromatic heterocycles. The van der Waals surface area contributed by atoms with Gasteiger partial charge in [-0.3, -0.25) is 4.98 Å². The number of carbonyl (C=O) groups is 1. The van der Waals surface area contributed by atoms with E-state index < -0.39 is 28.2 Å². The van der Waals surface area contributed by atoms with Gasteiger partial charge in [-0.15, -0.1) is 15.7 Å². The molecule has 4 N–H and O–H groups in total. The maximum absolute atomic E-state index is 13.3. The predicted octanol–water partition coefficient (Wildman–Crippen LogP) is 3.56. The van der Waals surface area contributed by atoms with Gasteiger partial charge in [-0.2, -0.15) is 0 Å². The van der Waals surface area contributed by atoms with E-state index in [9.17, 15) is 14.1 Å². The number of carbonyl (C=O) groups excluding carboxylic acids is 1. The van der Waals surface area contributed by atoms with Crippen LogP contribution >= 0.6 is 11.3 Å². The summed E-state index contributed by atoms with van der Waals surface area (Å²) in [6, 6.07) is -0.778. The molecule has 2 aliphatic rings. The van der Waals surface area contributed by atoms with E-state index in [2.05, 4.69) is 28.5 Å². The summed E-state index contributed by atoms with van der Waals surface area (Å²) in [4.78, 5) is 22.2. The number of thiazole rings is 1. The Morgan fingerprint density at radius 2 is 2.03 bits per heavy atom. The molecule has 0 fully saturated rings. The van der Waals surface area contributed by atoms with Gasteiger partial charge >= 0.3 is 6.03 Å². The van der Waals surface area contributed by atoms with Crippen LogP contribution in [0.25, 0.3) is 0 Å². The molecule has 1 atom stereocenters. The van der Waals surface area contributed by atoms with Gasteiger partial charge in [0.15, 0.2) is 9.92 Å². The Morgan fingerprint density at radius 3 is 2.70 bits per heavy atom. The molecule has 0 bridgehead atoms. The molecule has 2 amide bonds. The molecule has 0 radical (unpaired) electrons. The number of aliphatic hydroxyl groups is 1. The van der Waals surface area contributed by atoms with Crippen LogP contribution in [-0.2, 0) is 51.5 Å². The summed E-state index contributed by atoms with van der Waals surface area (Å²) in [7, 11) is -2.10. The van der Waals surface area contributed by atoms with E-state index in [1.165, 1.54) is 7.11 Å². The third kappa shape index (κ3) is 4.32. The van der Waals surface area contributed by atoms with E-state index in [0.717, 1.165) is 71.6 Å². The predicted molar refractivity (Wildman–Crippen MR) is 128 cm³/mol. The van der Waals surface area contributed by atoms with Crippen LogP contribution in [-0.4, -0.2) is 32.4 Å². The number of ether oxygens (including phenoxy) is 1. The van der Waals surface area contributed by atoms with Gasteiger partial charge in [0.05, 0.1) is 23.7 Å². The maximum Gasteiger partial charge on any atom is 0.354 e. The van der Waals surface area contributed by atoms with Crippen molar-refractivity contribution in [2.24, 2.45) is 9.50 Å². The molecule has 0 saturated heterocycles. The third-order valence-electron chi connectivity index (χ3n) is 6.52. The van der Waals surface area contributed by atoms with Crippen molar-refractivity contribution in [2.75, 3.05) is 12.4 Å². The minimum Gasteiger partial charge on any atom is -0.390 e. The van der Waals surface area contributed by atoms with Gasteiger partial charge in [-0.25, -0.2) is 19.1 Å². The van der Waals surface area contributed by atoms with Gasteiger partial charge in [-0.05, 0) is 57.1 Å². The van der Waals surface area contributed by atoms with Crippen LogP contribution < -0.4 is 10.5 Å². The lowest BCUT2D eigenvalue weighted by atomic mass is 9.90. The fraction of sp³-hybridized carbons (Fsp3) is 0.591. The Labute approximate surface area is 198 Å². The topological polar surface area (TPSA) is 140 Å². The zero-order valence-electron chi connectivity index (χ0n) is 19.7. The Balaban J connectivity index is 1.72. The number of nitrogens with one attached hydrogen (secondary N) is 1. The average molecular weight is 494 g/mol. The molecule has 2 aromatic rings. The van der Waals surface area contributed by atoms with Crippen molar-refractivity contribution in [3.8, 4) is 0 Å². The number of aryl methyl sites for hydroxylation is 1. The number of pyridine rings is 1. The molecule has 2 heterocycles. The van der Waals surface area contributed by atoms with E-state index in [1.54, 1.807) is 13.8 Å². The van der Waals surface area contributed by atoms with Crippen molar-refractivity contribution < 1.29 is 18.8 Å². The number of aromatic nitrogens is 2. The first-order chi connectivity index (χ1) is 15.4. The minimum absolute atomic E-state index is 0.0613. The number of anilines is 1. The first-order valence-electron chi connectivity index (χ1n) is 11.0. The SMILES string of the molecule is COC(C)(C)c1nc(CO)c(S(N)(=O)=NC(=O)Nc2c3c(nc4c2CCC4(C)C)CCC3)s1. The van der Waals surface area contributed by atoms with Crippen LogP contribution in [0, 0.1) is 0 Å². The number of hydrogen-bond acceptors (Lipinski definition) is 7. The lowest BCUT2D eigenvalue weighted by Crippen LogP contribution is -2.20. The highest BCUT2D eigenvalue weighted by molar-refractivity contribution is 7.93. The van der Waals surface area contributed by atoms with E-state index >= 15 is 0 Å². The molecule has 1 unspecified atom stereocenters. The van der Waals surface area contributed by atoms with Crippen LogP contribution in [0.5, 0.6) is 0 Å². The van der Waals surface area contributed by atoms with Crippen molar-refractivity contribution in [2.45, 2.75) is 81.6 Å². The fourth-order valence-corrected chi connectivity index (χ4v) is 6.98. The highest BCUT2D eigenvalue weighted by Gasteiger charge is 2.36. The van der Waals surface area contributed by atoms with Crippen LogP contribution in [0.15, 0.2) is 8.57 Å². The quantitative estimate of drug-likeness (QED) is 0.582. The summed E-state index contributed by atoms with van der Waals surface area (Å²) in [5, 5.41) is 19.2. The van der Waals surface area contributed by atoms with Gasteiger partial charge in [0, 0.05) is 18.2 Å². The van der Waals surface area contributed by atoms with E-state index in [4.69, 9.17) is 14.9 Å². The number of hydrogen-bond donors (Lipinski definition) is 3. The molecule has 4 rings (SSSR count). The normalized spacial score (nSPS) is 18.5. The lowest BCUT2D eigenvalue weighted by Gasteiger charge is -2.20. The monoisotopic (exact) mass is 493 g/mol. The lowest BCUT2D eigenvalue weighted by molar-refractivity contribution is 0.0188. The largest absolute Gasteiger partial charge is 0.390 e. The van der Waals surface area contributed by atoms with E-state index in [1.807, 2.05) is 0 Å². The number of rotatable bonds is 5. The average Bonchev–Trinajstić information content (AvgIpc) is 3.45. The minimum atomic E-state index is -3.63. The van der Waals surface area contributed by atoms with E-state index in [0.29, 0.717) is 5.01 Å². The zero-order chi connectivity index (χ0) is 24.2. The molecule has 33 heavy (non-hydrogen) atoms. The van der Waals surface area contributed by atoms with Gasteiger partial charge in [0.2, 0.25) is 0 Å². The van der Waals surface area contributed by atoms with Gasteiger partial charge < -0.3 is 15.2 Å². The van der Waals surface area contributed by atoms with Gasteiger partial charge in [0.25, 0.3) is 0 Å². The molecule has 0 aromatic carbocycles. The number of fused-ring (bicyclic) bond motifs is 2. The standard InChI is InChI=1S/C22H31N5O4S2/c1-21(2)10-9-13-16(12-7-6-8-14(12)24-17(13)21)26-20(29)27-33(23,30)18-15(11-28)25-19(32-18)22(3,4)31-5/h28H,6-11H2,1-5H3,(H3,23,24,26,27,29,30). The molecular weight excluding hydrogens is 462 g/mol. The highest BCUT2D eigenvalue weighted by atomic mass is 32.2. The number of amides is 2. The van der Waals surface area contributed by atoms with Gasteiger partial charge in [0.1, 0.15) is 14.8 Å². The highest BCUT2D eigenvalue weighted by Crippen LogP contribution is 2.44. The molecule has 11 heteroatoms. The first kappa shape index (κ1) is 24.2. The molecule has 0 aliphatic heterocycles. The molecule has 0 spiro atoms. The number of aliphatic hydroxyl groups excluding tert-OH is 1. The van der Waals surface area contributed by atoms with Crippen molar-refractivity contribution in [3.05, 3.63) is 33.2 Å². The second-order valence-corrected chi connectivity index (χ2v) is 12.7.